The Balaban J connectivity index is 1.84. The molecule has 33 heavy (non-hydrogen) atoms. The first-order chi connectivity index (χ1) is 15.8. The van der Waals surface area contributed by atoms with Crippen LogP contribution in [0.25, 0.3) is 0 Å². The third-order valence-electron chi connectivity index (χ3n) is 5.41. The van der Waals surface area contributed by atoms with Gasteiger partial charge in [0.25, 0.3) is 11.8 Å². The Labute approximate surface area is 193 Å². The summed E-state index contributed by atoms with van der Waals surface area (Å²) in [7, 11) is 0. The molecule has 5 amide bonds. The van der Waals surface area contributed by atoms with Crippen molar-refractivity contribution in [2.24, 2.45) is 5.73 Å². The molecule has 0 aliphatic carbocycles. The molecule has 2 unspecified atom stereocenters. The molecule has 10 heteroatoms. The number of para-hydroxylation sites is 1. The fourth-order valence-electron chi connectivity index (χ4n) is 3.83. The van der Waals surface area contributed by atoms with Gasteiger partial charge in [-0.15, -0.1) is 0 Å². The van der Waals surface area contributed by atoms with Crippen molar-refractivity contribution in [3.63, 3.8) is 0 Å². The summed E-state index contributed by atoms with van der Waals surface area (Å²) >= 11 is 6.01. The quantitative estimate of drug-likeness (QED) is 0.349. The second-order valence-electron chi connectivity index (χ2n) is 7.34. The van der Waals surface area contributed by atoms with Crippen LogP contribution in [0, 0.1) is 0 Å². The Kier molecular flexibility index (Phi) is 5.91. The number of carbonyl (C=O) groups excluding carboxylic acids is 4. The van der Waals surface area contributed by atoms with E-state index >= 15 is 0 Å². The number of hydrogen-bond acceptors (Lipinski definition) is 5. The third-order valence-corrected chi connectivity index (χ3v) is 5.66. The number of carbonyl (C=O) groups is 4. The maximum Gasteiger partial charge on any atom is 0.444 e. The van der Waals surface area contributed by atoms with Crippen LogP contribution in [0.3, 0.4) is 0 Å². The molecule has 1 aliphatic rings. The molecule has 9 nitrogen and oxygen atoms in total. The minimum Gasteiger partial charge on any atom is -0.316 e. The molecule has 166 valence electrons. The summed E-state index contributed by atoms with van der Waals surface area (Å²) in [6.45, 7) is 0. The monoisotopic (exact) mass is 464 g/mol. The molecule has 1 aromatic heterocycles. The summed E-state index contributed by atoms with van der Waals surface area (Å²) in [6.07, 6.45) is 2.48. The van der Waals surface area contributed by atoms with E-state index in [0.717, 1.165) is 4.90 Å². The van der Waals surface area contributed by atoms with Gasteiger partial charge >= 0.3 is 6.03 Å². The number of hydrogen-bond donors (Lipinski definition) is 2. The molecule has 1 fully saturated rings. The molecule has 0 radical (unpaired) electrons. The van der Waals surface area contributed by atoms with Gasteiger partial charge in [0.1, 0.15) is 0 Å². The van der Waals surface area contributed by atoms with Gasteiger partial charge in [-0.3, -0.25) is 19.4 Å². The maximum absolute atomic E-state index is 13.5. The average Bonchev–Trinajstić information content (AvgIpc) is 3.12. The van der Waals surface area contributed by atoms with Crippen molar-refractivity contribution in [1.82, 2.24) is 15.0 Å². The van der Waals surface area contributed by atoms with E-state index in [4.69, 9.17) is 17.3 Å². The number of imide groups is 1. The number of aromatic nitrogens is 1. The largest absolute Gasteiger partial charge is 0.444 e. The highest BCUT2D eigenvalue weighted by atomic mass is 35.5. The van der Waals surface area contributed by atoms with E-state index in [1.54, 1.807) is 30.3 Å². The number of nitrogens with two attached hydrogens (primary N) is 1. The number of amides is 5. The number of nitrogens with one attached hydrogen (secondary N) is 1. The Hall–Kier alpha value is -4.08. The summed E-state index contributed by atoms with van der Waals surface area (Å²) in [5.74, 6) is -1.87. The minimum absolute atomic E-state index is 0.176. The van der Waals surface area contributed by atoms with Crippen LogP contribution in [0.2, 0.25) is 5.02 Å². The van der Waals surface area contributed by atoms with E-state index < -0.39 is 34.4 Å². The molecular weight excluding hydrogens is 446 g/mol. The number of urea groups is 1. The fraction of sp³-hybridized carbons (Fsp3) is 0.0870. The minimum atomic E-state index is -1.33. The first kappa shape index (κ1) is 22.1. The summed E-state index contributed by atoms with van der Waals surface area (Å²) in [5.41, 5.74) is 9.16. The highest BCUT2D eigenvalue weighted by Gasteiger charge is 2.58. The lowest BCUT2D eigenvalue weighted by Gasteiger charge is -2.36. The molecule has 1 aliphatic heterocycles. The second-order valence-corrected chi connectivity index (χ2v) is 7.77. The SMILES string of the molecule is NC(=O)[N+](NC(=O)c1ccncc1)(c1ccc(Cl)cc1)C1CC(=O)N(c2ccccc2)C1=O. The van der Waals surface area contributed by atoms with Gasteiger partial charge in [0.05, 0.1) is 12.1 Å². The van der Waals surface area contributed by atoms with E-state index in [-0.39, 0.29) is 17.7 Å². The van der Waals surface area contributed by atoms with Crippen LogP contribution in [0.5, 0.6) is 0 Å². The Bertz CT molecular complexity index is 1220. The lowest BCUT2D eigenvalue weighted by atomic mass is 10.1. The standard InChI is InChI=1S/C23H18ClN5O4/c24-16-6-8-18(9-7-16)29(23(25)33,27-21(31)15-10-12-26-13-11-15)19-14-20(30)28(22(19)32)17-4-2-1-3-5-17/h1-13,19H,14H2,(H2-,25,27,31,33)/p+1. The molecule has 2 heterocycles. The Morgan fingerprint density at radius 3 is 2.24 bits per heavy atom. The van der Waals surface area contributed by atoms with Crippen LogP contribution in [-0.4, -0.2) is 34.8 Å². The van der Waals surface area contributed by atoms with Crippen LogP contribution in [0.15, 0.2) is 79.1 Å². The molecule has 3 N–H and O–H groups in total. The molecular formula is C23H19ClN5O4+. The highest BCUT2D eigenvalue weighted by molar-refractivity contribution is 6.30. The first-order valence-electron chi connectivity index (χ1n) is 9.94. The van der Waals surface area contributed by atoms with Crippen molar-refractivity contribution >= 4 is 46.7 Å². The number of benzene rings is 2. The highest BCUT2D eigenvalue weighted by Crippen LogP contribution is 2.34. The number of anilines is 1. The predicted octanol–water partition coefficient (Wildman–Crippen LogP) is 2.80. The van der Waals surface area contributed by atoms with Crippen molar-refractivity contribution in [2.75, 3.05) is 4.90 Å². The van der Waals surface area contributed by atoms with E-state index in [9.17, 15) is 19.2 Å². The van der Waals surface area contributed by atoms with Gasteiger partial charge in [-0.1, -0.05) is 34.4 Å². The van der Waals surface area contributed by atoms with Gasteiger partial charge in [-0.05, 0) is 36.4 Å². The number of halogens is 1. The average molecular weight is 465 g/mol. The van der Waals surface area contributed by atoms with Gasteiger partial charge in [0, 0.05) is 35.1 Å². The Morgan fingerprint density at radius 1 is 1.00 bits per heavy atom. The molecule has 2 aromatic carbocycles. The topological polar surface area (TPSA) is 122 Å². The maximum atomic E-state index is 13.5. The first-order valence-corrected chi connectivity index (χ1v) is 10.3. The molecule has 3 aromatic rings. The molecule has 0 spiro atoms. The van der Waals surface area contributed by atoms with E-state index in [0.29, 0.717) is 10.7 Å². The van der Waals surface area contributed by atoms with Gasteiger partial charge in [0.2, 0.25) is 11.9 Å². The molecule has 0 bridgehead atoms. The summed E-state index contributed by atoms with van der Waals surface area (Å²) < 4.78 is -1.09. The zero-order chi connectivity index (χ0) is 23.6. The fourth-order valence-corrected chi connectivity index (χ4v) is 3.96. The van der Waals surface area contributed by atoms with Crippen LogP contribution >= 0.6 is 11.6 Å². The van der Waals surface area contributed by atoms with Gasteiger partial charge in [-0.25, -0.2) is 9.69 Å². The number of quaternary nitrogens is 1. The van der Waals surface area contributed by atoms with Crippen molar-refractivity contribution < 1.29 is 19.2 Å². The lowest BCUT2D eigenvalue weighted by Crippen LogP contribution is -2.73. The smallest absolute Gasteiger partial charge is 0.316 e. The van der Waals surface area contributed by atoms with Gasteiger partial charge in [0.15, 0.2) is 5.69 Å². The van der Waals surface area contributed by atoms with Crippen LogP contribution < -0.4 is 20.7 Å². The van der Waals surface area contributed by atoms with Gasteiger partial charge in [-0.2, -0.15) is 5.43 Å². The lowest BCUT2D eigenvalue weighted by molar-refractivity contribution is -0.122. The van der Waals surface area contributed by atoms with Crippen LogP contribution in [0.1, 0.15) is 16.8 Å². The Morgan fingerprint density at radius 2 is 1.64 bits per heavy atom. The normalized spacial score (nSPS) is 17.5. The van der Waals surface area contributed by atoms with Crippen molar-refractivity contribution in [3.8, 4) is 0 Å². The van der Waals surface area contributed by atoms with Crippen LogP contribution in [-0.2, 0) is 9.59 Å². The van der Waals surface area contributed by atoms with E-state index in [1.165, 1.54) is 48.8 Å². The molecule has 4 rings (SSSR count). The van der Waals surface area contributed by atoms with Crippen molar-refractivity contribution in [2.45, 2.75) is 12.5 Å². The number of nitrogens with zero attached hydrogens (tertiary/aromatic N) is 3. The number of rotatable bonds is 4. The molecule has 2 atom stereocenters. The molecule has 0 saturated carbocycles. The van der Waals surface area contributed by atoms with Gasteiger partial charge < -0.3 is 5.73 Å². The zero-order valence-corrected chi connectivity index (χ0v) is 18.0. The molecule has 1 saturated heterocycles. The van der Waals surface area contributed by atoms with E-state index in [2.05, 4.69) is 10.4 Å². The third kappa shape index (κ3) is 3.95. The number of primary amides is 1. The van der Waals surface area contributed by atoms with Crippen molar-refractivity contribution in [1.29, 1.82) is 0 Å². The van der Waals surface area contributed by atoms with Crippen molar-refractivity contribution in [3.05, 3.63) is 89.7 Å². The summed E-state index contributed by atoms with van der Waals surface area (Å²) in [5, 5.41) is 0.376. The zero-order valence-electron chi connectivity index (χ0n) is 17.2. The summed E-state index contributed by atoms with van der Waals surface area (Å²) in [4.78, 5) is 57.4. The summed E-state index contributed by atoms with van der Waals surface area (Å²) in [6, 6.07) is 14.8. The number of pyridine rings is 1. The predicted molar refractivity (Wildman–Crippen MR) is 122 cm³/mol. The van der Waals surface area contributed by atoms with E-state index in [1.807, 2.05) is 0 Å². The van der Waals surface area contributed by atoms with Crippen LogP contribution in [0.4, 0.5) is 16.2 Å². The second kappa shape index (κ2) is 8.81.